The van der Waals surface area contributed by atoms with Crippen LogP contribution >= 0.6 is 0 Å². The number of nitrogens with zero attached hydrogens (tertiary/aromatic N) is 2. The summed E-state index contributed by atoms with van der Waals surface area (Å²) < 4.78 is 2.97. The molecule has 0 bridgehead atoms. The first-order chi connectivity index (χ1) is 7.29. The third-order valence-corrected chi connectivity index (χ3v) is 14.0. The lowest BCUT2D eigenvalue weighted by atomic mass is 10.5. The average molecular weight is 259 g/mol. The Labute approximate surface area is 104 Å². The Morgan fingerprint density at radius 3 is 2.00 bits per heavy atom. The van der Waals surface area contributed by atoms with Gasteiger partial charge in [0.1, 0.15) is 16.5 Å². The molecule has 0 amide bonds. The van der Waals surface area contributed by atoms with Gasteiger partial charge in [-0.15, -0.1) is 0 Å². The van der Waals surface area contributed by atoms with Crippen molar-refractivity contribution in [3.05, 3.63) is 0 Å². The van der Waals surface area contributed by atoms with Gasteiger partial charge in [0.2, 0.25) is 0 Å². The third kappa shape index (κ3) is 3.42. The molecular weight excluding hydrogens is 228 g/mol. The molecule has 1 heterocycles. The minimum absolute atomic E-state index is 1.09. The van der Waals surface area contributed by atoms with Crippen LogP contribution in [0.3, 0.4) is 0 Å². The van der Waals surface area contributed by atoms with Crippen LogP contribution in [0.5, 0.6) is 0 Å². The summed E-state index contributed by atoms with van der Waals surface area (Å²) in [5, 5.41) is 0. The van der Waals surface area contributed by atoms with Crippen molar-refractivity contribution in [2.45, 2.75) is 58.0 Å². The summed E-state index contributed by atoms with van der Waals surface area (Å²) in [5.74, 6) is 0. The molecule has 1 aliphatic rings. The van der Waals surface area contributed by atoms with Gasteiger partial charge in [-0.05, 0) is 32.1 Å². The van der Waals surface area contributed by atoms with E-state index in [-0.39, 0.29) is 0 Å². The molecule has 1 aliphatic heterocycles. The van der Waals surface area contributed by atoms with Gasteiger partial charge < -0.3 is 4.23 Å². The standard InChI is InChI=1S/C12H30N2Si2/c1-7-9-13(2)12-14-15(3,4)10-8-11-16(14,5)6/h7-12H2,1-6H3. The zero-order chi connectivity index (χ0) is 12.4. The summed E-state index contributed by atoms with van der Waals surface area (Å²) in [4.78, 5) is 2.52. The number of hydrogen-bond acceptors (Lipinski definition) is 2. The highest BCUT2D eigenvalue weighted by Gasteiger charge is 2.43. The molecule has 1 saturated heterocycles. The van der Waals surface area contributed by atoms with Crippen molar-refractivity contribution in [3.63, 3.8) is 0 Å². The lowest BCUT2D eigenvalue weighted by Gasteiger charge is -2.52. The monoisotopic (exact) mass is 258 g/mol. The maximum absolute atomic E-state index is 2.97. The summed E-state index contributed by atoms with van der Waals surface area (Å²) >= 11 is 0. The first-order valence-electron chi connectivity index (χ1n) is 6.76. The predicted molar refractivity (Wildman–Crippen MR) is 78.8 cm³/mol. The Hall–Kier alpha value is 0.354. The Kier molecular flexibility index (Phi) is 4.81. The summed E-state index contributed by atoms with van der Waals surface area (Å²) in [6.45, 7) is 15.0. The molecule has 0 aromatic heterocycles. The van der Waals surface area contributed by atoms with Gasteiger partial charge in [0.25, 0.3) is 0 Å². The molecule has 0 radical (unpaired) electrons. The molecule has 0 unspecified atom stereocenters. The fourth-order valence-corrected chi connectivity index (χ4v) is 14.6. The smallest absolute Gasteiger partial charge is 0.116 e. The quantitative estimate of drug-likeness (QED) is 0.713. The topological polar surface area (TPSA) is 6.48 Å². The van der Waals surface area contributed by atoms with E-state index in [0.717, 1.165) is 0 Å². The van der Waals surface area contributed by atoms with Crippen LogP contribution in [0.15, 0.2) is 0 Å². The summed E-state index contributed by atoms with van der Waals surface area (Å²) in [6.07, 6.45) is 2.76. The van der Waals surface area contributed by atoms with Crippen LogP contribution < -0.4 is 0 Å². The molecule has 0 aliphatic carbocycles. The highest BCUT2D eigenvalue weighted by Crippen LogP contribution is 2.34. The van der Waals surface area contributed by atoms with Gasteiger partial charge in [-0.2, -0.15) is 0 Å². The normalized spacial score (nSPS) is 24.9. The minimum atomic E-state index is -1.09. The molecule has 0 spiro atoms. The van der Waals surface area contributed by atoms with Crippen molar-refractivity contribution in [2.24, 2.45) is 0 Å². The van der Waals surface area contributed by atoms with E-state index in [1.165, 1.54) is 38.1 Å². The molecule has 0 aromatic rings. The fraction of sp³-hybridized carbons (Fsp3) is 1.00. The molecule has 1 rings (SSSR count). The van der Waals surface area contributed by atoms with Gasteiger partial charge in [0.15, 0.2) is 0 Å². The molecular formula is C12H30N2Si2. The van der Waals surface area contributed by atoms with Crippen molar-refractivity contribution >= 4 is 16.5 Å². The lowest BCUT2D eigenvalue weighted by molar-refractivity contribution is 0.271. The van der Waals surface area contributed by atoms with E-state index in [4.69, 9.17) is 0 Å². The summed E-state index contributed by atoms with van der Waals surface area (Å²) in [7, 11) is 0.0973. The van der Waals surface area contributed by atoms with E-state index < -0.39 is 16.5 Å². The van der Waals surface area contributed by atoms with E-state index in [1.807, 2.05) is 0 Å². The molecule has 16 heavy (non-hydrogen) atoms. The summed E-state index contributed by atoms with van der Waals surface area (Å²) in [5.41, 5.74) is 0. The Bertz CT molecular complexity index is 213. The highest BCUT2D eigenvalue weighted by molar-refractivity contribution is 6.91. The zero-order valence-electron chi connectivity index (χ0n) is 12.1. The van der Waals surface area contributed by atoms with Crippen molar-refractivity contribution in [2.75, 3.05) is 20.3 Å². The largest absolute Gasteiger partial charge is 0.333 e. The molecule has 0 aromatic carbocycles. The second-order valence-corrected chi connectivity index (χ2v) is 16.4. The second kappa shape index (κ2) is 5.33. The lowest BCUT2D eigenvalue weighted by Crippen LogP contribution is -2.66. The first kappa shape index (κ1) is 14.4. The van der Waals surface area contributed by atoms with E-state index in [9.17, 15) is 0 Å². The van der Waals surface area contributed by atoms with Crippen LogP contribution in [-0.4, -0.2) is 45.9 Å². The molecule has 0 atom stereocenters. The van der Waals surface area contributed by atoms with Crippen LogP contribution in [0.4, 0.5) is 0 Å². The highest BCUT2D eigenvalue weighted by atomic mass is 28.4. The second-order valence-electron chi connectivity index (χ2n) is 6.63. The number of rotatable bonds is 4. The average Bonchev–Trinajstić information content (AvgIpc) is 2.11. The number of hydrogen-bond donors (Lipinski definition) is 0. The molecule has 1 fully saturated rings. The van der Waals surface area contributed by atoms with Crippen molar-refractivity contribution in [1.82, 2.24) is 9.13 Å². The van der Waals surface area contributed by atoms with E-state index in [0.29, 0.717) is 0 Å². The van der Waals surface area contributed by atoms with Gasteiger partial charge >= 0.3 is 0 Å². The summed E-state index contributed by atoms with van der Waals surface area (Å²) in [6, 6.07) is 3.01. The van der Waals surface area contributed by atoms with Crippen LogP contribution in [0.1, 0.15) is 19.8 Å². The molecule has 0 saturated carbocycles. The van der Waals surface area contributed by atoms with Crippen LogP contribution in [0.25, 0.3) is 0 Å². The van der Waals surface area contributed by atoms with Crippen LogP contribution in [0.2, 0.25) is 38.3 Å². The van der Waals surface area contributed by atoms with Crippen molar-refractivity contribution in [1.29, 1.82) is 0 Å². The molecule has 4 heteroatoms. The maximum Gasteiger partial charge on any atom is 0.116 e. The Morgan fingerprint density at radius 1 is 1.06 bits per heavy atom. The van der Waals surface area contributed by atoms with Crippen molar-refractivity contribution in [3.8, 4) is 0 Å². The molecule has 2 nitrogen and oxygen atoms in total. The SMILES string of the molecule is CCCN(C)CN1[Si](C)(C)CCC[Si]1(C)C. The Balaban J connectivity index is 2.71. The van der Waals surface area contributed by atoms with Gasteiger partial charge in [0.05, 0.1) is 0 Å². The van der Waals surface area contributed by atoms with Gasteiger partial charge in [-0.25, -0.2) is 0 Å². The van der Waals surface area contributed by atoms with Crippen molar-refractivity contribution < 1.29 is 0 Å². The fourth-order valence-electron chi connectivity index (χ4n) is 3.12. The van der Waals surface area contributed by atoms with Gasteiger partial charge in [-0.1, -0.05) is 39.5 Å². The van der Waals surface area contributed by atoms with Gasteiger partial charge in [-0.3, -0.25) is 4.90 Å². The molecule has 0 N–H and O–H groups in total. The predicted octanol–water partition coefficient (Wildman–Crippen LogP) is 3.40. The first-order valence-corrected chi connectivity index (χ1v) is 13.1. The van der Waals surface area contributed by atoms with E-state index in [2.05, 4.69) is 49.3 Å². The molecule has 96 valence electrons. The van der Waals surface area contributed by atoms with Gasteiger partial charge in [0, 0.05) is 6.67 Å². The minimum Gasteiger partial charge on any atom is -0.333 e. The maximum atomic E-state index is 2.97. The Morgan fingerprint density at radius 2 is 1.56 bits per heavy atom. The third-order valence-electron chi connectivity index (χ3n) is 4.03. The van der Waals surface area contributed by atoms with Crippen LogP contribution in [-0.2, 0) is 0 Å². The van der Waals surface area contributed by atoms with Crippen LogP contribution in [0, 0.1) is 0 Å². The zero-order valence-corrected chi connectivity index (χ0v) is 14.1. The van der Waals surface area contributed by atoms with E-state index in [1.54, 1.807) is 0 Å². The van der Waals surface area contributed by atoms with E-state index >= 15 is 0 Å².